The van der Waals surface area contributed by atoms with Gasteiger partial charge in [-0.25, -0.2) is 4.79 Å². The van der Waals surface area contributed by atoms with Crippen molar-refractivity contribution in [3.05, 3.63) is 58.6 Å². The molecular formula is C14H11ClO2. The van der Waals surface area contributed by atoms with Crippen LogP contribution in [0.5, 0.6) is 0 Å². The third kappa shape index (κ3) is 2.32. The van der Waals surface area contributed by atoms with Crippen LogP contribution in [-0.2, 0) is 0 Å². The van der Waals surface area contributed by atoms with Gasteiger partial charge in [0.1, 0.15) is 0 Å². The molecule has 3 heteroatoms. The van der Waals surface area contributed by atoms with Crippen molar-refractivity contribution < 1.29 is 9.90 Å². The van der Waals surface area contributed by atoms with Gasteiger partial charge in [0.15, 0.2) is 0 Å². The first-order valence-electron chi connectivity index (χ1n) is 5.18. The molecule has 86 valence electrons. The number of aromatic carboxylic acids is 1. The van der Waals surface area contributed by atoms with E-state index in [0.717, 1.165) is 16.7 Å². The summed E-state index contributed by atoms with van der Waals surface area (Å²) >= 11 is 6.08. The zero-order chi connectivity index (χ0) is 12.4. The molecule has 2 aromatic carbocycles. The normalized spacial score (nSPS) is 10.2. The van der Waals surface area contributed by atoms with Gasteiger partial charge in [0.2, 0.25) is 0 Å². The molecule has 0 radical (unpaired) electrons. The number of halogens is 1. The topological polar surface area (TPSA) is 37.3 Å². The molecule has 2 aromatic rings. The molecule has 0 bridgehead atoms. The predicted octanol–water partition coefficient (Wildman–Crippen LogP) is 4.01. The fourth-order valence-electron chi connectivity index (χ4n) is 1.72. The average molecular weight is 247 g/mol. The highest BCUT2D eigenvalue weighted by Crippen LogP contribution is 2.28. The summed E-state index contributed by atoms with van der Waals surface area (Å²) in [5.74, 6) is -0.920. The Bertz CT molecular complexity index is 576. The first kappa shape index (κ1) is 11.7. The number of hydrogen-bond donors (Lipinski definition) is 1. The second-order valence-electron chi connectivity index (χ2n) is 3.81. The van der Waals surface area contributed by atoms with E-state index in [1.807, 2.05) is 24.3 Å². The third-order valence-electron chi connectivity index (χ3n) is 2.65. The molecule has 1 N–H and O–H groups in total. The molecule has 0 heterocycles. The lowest BCUT2D eigenvalue weighted by Gasteiger charge is -2.07. The van der Waals surface area contributed by atoms with E-state index in [1.165, 1.54) is 0 Å². The van der Waals surface area contributed by atoms with Gasteiger partial charge in [-0.3, -0.25) is 0 Å². The van der Waals surface area contributed by atoms with Gasteiger partial charge in [-0.2, -0.15) is 0 Å². The molecule has 0 amide bonds. The minimum absolute atomic E-state index is 0.308. The van der Waals surface area contributed by atoms with E-state index >= 15 is 0 Å². The maximum absolute atomic E-state index is 11.1. The van der Waals surface area contributed by atoms with Crippen LogP contribution in [0.1, 0.15) is 15.9 Å². The van der Waals surface area contributed by atoms with Crippen molar-refractivity contribution in [2.75, 3.05) is 0 Å². The molecule has 0 spiro atoms. The number of carboxylic acids is 1. The molecule has 0 aliphatic rings. The molecule has 0 atom stereocenters. The second-order valence-corrected chi connectivity index (χ2v) is 4.22. The number of hydrogen-bond acceptors (Lipinski definition) is 1. The third-order valence-corrected chi connectivity index (χ3v) is 2.98. The summed E-state index contributed by atoms with van der Waals surface area (Å²) in [7, 11) is 0. The van der Waals surface area contributed by atoms with Gasteiger partial charge < -0.3 is 5.11 Å². The molecule has 0 fully saturated rings. The Morgan fingerprint density at radius 2 is 1.88 bits per heavy atom. The van der Waals surface area contributed by atoms with Crippen molar-refractivity contribution in [1.29, 1.82) is 0 Å². The summed E-state index contributed by atoms with van der Waals surface area (Å²) in [6.07, 6.45) is 0. The predicted molar refractivity (Wildman–Crippen MR) is 68.6 cm³/mol. The van der Waals surface area contributed by atoms with Crippen molar-refractivity contribution >= 4 is 17.6 Å². The molecule has 0 aliphatic heterocycles. The summed E-state index contributed by atoms with van der Waals surface area (Å²) < 4.78 is 0. The summed E-state index contributed by atoms with van der Waals surface area (Å²) in [5, 5.41) is 9.69. The van der Waals surface area contributed by atoms with Gasteiger partial charge in [0, 0.05) is 10.6 Å². The van der Waals surface area contributed by atoms with Gasteiger partial charge in [-0.15, -0.1) is 0 Å². The van der Waals surface area contributed by atoms with Crippen molar-refractivity contribution in [2.45, 2.75) is 6.92 Å². The summed E-state index contributed by atoms with van der Waals surface area (Å²) in [6, 6.07) is 12.7. The molecule has 2 nitrogen and oxygen atoms in total. The smallest absolute Gasteiger partial charge is 0.335 e. The van der Waals surface area contributed by atoms with Gasteiger partial charge in [0.25, 0.3) is 0 Å². The van der Waals surface area contributed by atoms with E-state index in [9.17, 15) is 4.79 Å². The fourth-order valence-corrected chi connectivity index (χ4v) is 1.96. The van der Waals surface area contributed by atoms with Crippen LogP contribution in [-0.4, -0.2) is 11.1 Å². The lowest BCUT2D eigenvalue weighted by Crippen LogP contribution is -1.99. The van der Waals surface area contributed by atoms with Crippen LogP contribution in [0.4, 0.5) is 0 Å². The zero-order valence-electron chi connectivity index (χ0n) is 9.27. The van der Waals surface area contributed by atoms with Gasteiger partial charge in [-0.05, 0) is 30.2 Å². The van der Waals surface area contributed by atoms with E-state index in [-0.39, 0.29) is 0 Å². The van der Waals surface area contributed by atoms with Gasteiger partial charge >= 0.3 is 5.97 Å². The van der Waals surface area contributed by atoms with E-state index in [1.54, 1.807) is 25.1 Å². The van der Waals surface area contributed by atoms with Gasteiger partial charge in [0.05, 0.1) is 5.56 Å². The van der Waals surface area contributed by atoms with E-state index < -0.39 is 5.97 Å². The van der Waals surface area contributed by atoms with Gasteiger partial charge in [-0.1, -0.05) is 41.9 Å². The Hall–Kier alpha value is -1.80. The van der Waals surface area contributed by atoms with Crippen molar-refractivity contribution in [3.63, 3.8) is 0 Å². The molecule has 0 unspecified atom stereocenters. The molecular weight excluding hydrogens is 236 g/mol. The Kier molecular flexibility index (Phi) is 3.16. The average Bonchev–Trinajstić information content (AvgIpc) is 2.30. The number of rotatable bonds is 2. The largest absolute Gasteiger partial charge is 0.478 e. The minimum Gasteiger partial charge on any atom is -0.478 e. The quantitative estimate of drug-likeness (QED) is 0.869. The number of carbonyl (C=O) groups is 1. The SMILES string of the molecule is Cc1ccc(-c2ccccc2Cl)cc1C(=O)O. The van der Waals surface area contributed by atoms with Crippen LogP contribution in [0, 0.1) is 6.92 Å². The molecule has 0 saturated heterocycles. The maximum atomic E-state index is 11.1. The first-order valence-corrected chi connectivity index (χ1v) is 5.56. The van der Waals surface area contributed by atoms with Crippen LogP contribution in [0.3, 0.4) is 0 Å². The summed E-state index contributed by atoms with van der Waals surface area (Å²) in [4.78, 5) is 11.1. The Labute approximate surface area is 104 Å². The first-order chi connectivity index (χ1) is 8.09. The standard InChI is InChI=1S/C14H11ClO2/c1-9-6-7-10(8-12(9)14(16)17)11-4-2-3-5-13(11)15/h2-8H,1H3,(H,16,17). The summed E-state index contributed by atoms with van der Waals surface area (Å²) in [5.41, 5.74) is 2.71. The summed E-state index contributed by atoms with van der Waals surface area (Å²) in [6.45, 7) is 1.78. The van der Waals surface area contributed by atoms with Crippen molar-refractivity contribution in [3.8, 4) is 11.1 Å². The van der Waals surface area contributed by atoms with Crippen molar-refractivity contribution in [2.24, 2.45) is 0 Å². The van der Waals surface area contributed by atoms with Crippen LogP contribution in [0.2, 0.25) is 5.02 Å². The maximum Gasteiger partial charge on any atom is 0.335 e. The lowest BCUT2D eigenvalue weighted by atomic mass is 10.00. The van der Waals surface area contributed by atoms with Crippen molar-refractivity contribution in [1.82, 2.24) is 0 Å². The van der Waals surface area contributed by atoms with Crippen LogP contribution < -0.4 is 0 Å². The highest BCUT2D eigenvalue weighted by Gasteiger charge is 2.10. The number of carboxylic acid groups (broad SMARTS) is 1. The van der Waals surface area contributed by atoms with E-state index in [4.69, 9.17) is 16.7 Å². The molecule has 17 heavy (non-hydrogen) atoms. The molecule has 2 rings (SSSR count). The Morgan fingerprint density at radius 1 is 1.18 bits per heavy atom. The molecule has 0 saturated carbocycles. The number of aryl methyl sites for hydroxylation is 1. The van der Waals surface area contributed by atoms with Crippen LogP contribution in [0.15, 0.2) is 42.5 Å². The minimum atomic E-state index is -0.920. The Morgan fingerprint density at radius 3 is 2.53 bits per heavy atom. The molecule has 0 aliphatic carbocycles. The Balaban J connectivity index is 2.58. The number of benzene rings is 2. The highest BCUT2D eigenvalue weighted by atomic mass is 35.5. The van der Waals surface area contributed by atoms with Crippen LogP contribution in [0.25, 0.3) is 11.1 Å². The zero-order valence-corrected chi connectivity index (χ0v) is 10.0. The molecule has 0 aromatic heterocycles. The highest BCUT2D eigenvalue weighted by molar-refractivity contribution is 6.33. The van der Waals surface area contributed by atoms with E-state index in [0.29, 0.717) is 10.6 Å². The second kappa shape index (κ2) is 4.60. The lowest BCUT2D eigenvalue weighted by molar-refractivity contribution is 0.0696. The van der Waals surface area contributed by atoms with E-state index in [2.05, 4.69) is 0 Å². The monoisotopic (exact) mass is 246 g/mol. The fraction of sp³-hybridized carbons (Fsp3) is 0.0714. The van der Waals surface area contributed by atoms with Crippen LogP contribution >= 0.6 is 11.6 Å².